The second-order valence-corrected chi connectivity index (χ2v) is 6.37. The number of amides is 2. The SMILES string of the molecule is CC1(CNC(=O)Nc2cc(Cl)ccc2Cl)CCCNC1. The van der Waals surface area contributed by atoms with E-state index in [1.807, 2.05) is 0 Å². The van der Waals surface area contributed by atoms with Crippen LogP contribution in [0.3, 0.4) is 0 Å². The van der Waals surface area contributed by atoms with Gasteiger partial charge in [0.1, 0.15) is 0 Å². The molecule has 1 saturated heterocycles. The van der Waals surface area contributed by atoms with Gasteiger partial charge in [-0.05, 0) is 43.0 Å². The summed E-state index contributed by atoms with van der Waals surface area (Å²) < 4.78 is 0. The fourth-order valence-corrected chi connectivity index (χ4v) is 2.66. The molecule has 2 amide bonds. The number of carbonyl (C=O) groups excluding carboxylic acids is 1. The molecule has 6 heteroatoms. The van der Waals surface area contributed by atoms with E-state index < -0.39 is 0 Å². The van der Waals surface area contributed by atoms with Gasteiger partial charge in [-0.25, -0.2) is 4.79 Å². The first-order valence-electron chi connectivity index (χ1n) is 6.69. The first-order chi connectivity index (χ1) is 9.48. The van der Waals surface area contributed by atoms with E-state index in [0.29, 0.717) is 22.3 Å². The number of benzene rings is 1. The van der Waals surface area contributed by atoms with Crippen molar-refractivity contribution in [1.29, 1.82) is 0 Å². The molecule has 2 rings (SSSR count). The highest BCUT2D eigenvalue weighted by molar-refractivity contribution is 6.35. The highest BCUT2D eigenvalue weighted by Gasteiger charge is 2.27. The topological polar surface area (TPSA) is 53.2 Å². The Balaban J connectivity index is 1.87. The van der Waals surface area contributed by atoms with Crippen LogP contribution in [0.4, 0.5) is 10.5 Å². The van der Waals surface area contributed by atoms with Gasteiger partial charge in [-0.3, -0.25) is 0 Å². The molecule has 1 atom stereocenters. The lowest BCUT2D eigenvalue weighted by atomic mass is 9.83. The molecule has 110 valence electrons. The number of carbonyl (C=O) groups is 1. The Morgan fingerprint density at radius 3 is 2.95 bits per heavy atom. The molecule has 0 aliphatic carbocycles. The molecule has 1 fully saturated rings. The molecule has 0 spiro atoms. The Labute approximate surface area is 129 Å². The van der Waals surface area contributed by atoms with Crippen molar-refractivity contribution in [2.45, 2.75) is 19.8 Å². The van der Waals surface area contributed by atoms with Crippen molar-refractivity contribution in [1.82, 2.24) is 10.6 Å². The summed E-state index contributed by atoms with van der Waals surface area (Å²) in [6, 6.07) is 4.71. The fraction of sp³-hybridized carbons (Fsp3) is 0.500. The lowest BCUT2D eigenvalue weighted by molar-refractivity contribution is 0.217. The maximum Gasteiger partial charge on any atom is 0.319 e. The third kappa shape index (κ3) is 4.27. The van der Waals surface area contributed by atoms with E-state index in [-0.39, 0.29) is 11.4 Å². The minimum atomic E-state index is -0.263. The summed E-state index contributed by atoms with van der Waals surface area (Å²) in [6.07, 6.45) is 2.25. The van der Waals surface area contributed by atoms with E-state index in [1.54, 1.807) is 18.2 Å². The van der Waals surface area contributed by atoms with E-state index in [4.69, 9.17) is 23.2 Å². The molecule has 3 N–H and O–H groups in total. The third-order valence-electron chi connectivity index (χ3n) is 3.54. The highest BCUT2D eigenvalue weighted by atomic mass is 35.5. The van der Waals surface area contributed by atoms with E-state index in [9.17, 15) is 4.79 Å². The zero-order valence-corrected chi connectivity index (χ0v) is 12.9. The maximum absolute atomic E-state index is 11.9. The number of rotatable bonds is 3. The standard InChI is InChI=1S/C14H19Cl2N3O/c1-14(5-2-6-17-8-14)9-18-13(20)19-12-7-10(15)3-4-11(12)16/h3-4,7,17H,2,5-6,8-9H2,1H3,(H2,18,19,20). The second kappa shape index (κ2) is 6.66. The van der Waals surface area contributed by atoms with Crippen LogP contribution in [0.25, 0.3) is 0 Å². The average molecular weight is 316 g/mol. The molecule has 0 aromatic heterocycles. The van der Waals surface area contributed by atoms with Crippen LogP contribution in [-0.2, 0) is 0 Å². The van der Waals surface area contributed by atoms with Crippen LogP contribution in [0, 0.1) is 5.41 Å². The first kappa shape index (κ1) is 15.4. The monoisotopic (exact) mass is 315 g/mol. The Hall–Kier alpha value is -0.970. The number of anilines is 1. The molecule has 0 radical (unpaired) electrons. The van der Waals surface area contributed by atoms with E-state index >= 15 is 0 Å². The summed E-state index contributed by atoms with van der Waals surface area (Å²) in [5.74, 6) is 0. The Bertz CT molecular complexity index is 487. The lowest BCUT2D eigenvalue weighted by Gasteiger charge is -2.34. The molecule has 1 heterocycles. The molecule has 1 aliphatic rings. The minimum Gasteiger partial charge on any atom is -0.337 e. The van der Waals surface area contributed by atoms with Gasteiger partial charge in [0.2, 0.25) is 0 Å². The van der Waals surface area contributed by atoms with Crippen molar-refractivity contribution in [3.8, 4) is 0 Å². The van der Waals surface area contributed by atoms with Crippen LogP contribution in [-0.4, -0.2) is 25.7 Å². The van der Waals surface area contributed by atoms with Crippen LogP contribution >= 0.6 is 23.2 Å². The average Bonchev–Trinajstić information content (AvgIpc) is 2.42. The molecular formula is C14H19Cl2N3O. The smallest absolute Gasteiger partial charge is 0.319 e. The summed E-state index contributed by atoms with van der Waals surface area (Å²) >= 11 is 11.9. The third-order valence-corrected chi connectivity index (χ3v) is 4.10. The number of halogens is 2. The maximum atomic E-state index is 11.9. The van der Waals surface area contributed by atoms with Crippen molar-refractivity contribution in [2.75, 3.05) is 25.0 Å². The number of urea groups is 1. The van der Waals surface area contributed by atoms with Crippen molar-refractivity contribution in [2.24, 2.45) is 5.41 Å². The van der Waals surface area contributed by atoms with Gasteiger partial charge < -0.3 is 16.0 Å². The van der Waals surface area contributed by atoms with Crippen molar-refractivity contribution < 1.29 is 4.79 Å². The van der Waals surface area contributed by atoms with Gasteiger partial charge in [-0.15, -0.1) is 0 Å². The van der Waals surface area contributed by atoms with Gasteiger partial charge in [0, 0.05) is 18.1 Å². The molecule has 1 aromatic rings. The molecule has 1 aromatic carbocycles. The van der Waals surface area contributed by atoms with Gasteiger partial charge in [0.25, 0.3) is 0 Å². The minimum absolute atomic E-state index is 0.105. The predicted octanol–water partition coefficient (Wildman–Crippen LogP) is 3.50. The quantitative estimate of drug-likeness (QED) is 0.799. The lowest BCUT2D eigenvalue weighted by Crippen LogP contribution is -2.46. The summed E-state index contributed by atoms with van der Waals surface area (Å²) in [5, 5.41) is 9.98. The first-order valence-corrected chi connectivity index (χ1v) is 7.45. The molecule has 20 heavy (non-hydrogen) atoms. The van der Waals surface area contributed by atoms with Crippen molar-refractivity contribution in [3.05, 3.63) is 28.2 Å². The van der Waals surface area contributed by atoms with Crippen molar-refractivity contribution in [3.63, 3.8) is 0 Å². The van der Waals surface area contributed by atoms with E-state index in [2.05, 4.69) is 22.9 Å². The number of hydrogen-bond acceptors (Lipinski definition) is 2. The molecule has 1 unspecified atom stereocenters. The van der Waals surface area contributed by atoms with Gasteiger partial charge in [0.15, 0.2) is 0 Å². The highest BCUT2D eigenvalue weighted by Crippen LogP contribution is 2.26. The van der Waals surface area contributed by atoms with Gasteiger partial charge >= 0.3 is 6.03 Å². The Kier molecular flexibility index (Phi) is 5.13. The van der Waals surface area contributed by atoms with E-state index in [0.717, 1.165) is 25.9 Å². The van der Waals surface area contributed by atoms with Crippen LogP contribution in [0.2, 0.25) is 10.0 Å². The van der Waals surface area contributed by atoms with Crippen LogP contribution < -0.4 is 16.0 Å². The van der Waals surface area contributed by atoms with Crippen LogP contribution in [0.1, 0.15) is 19.8 Å². The van der Waals surface area contributed by atoms with Gasteiger partial charge in [-0.1, -0.05) is 30.1 Å². The Morgan fingerprint density at radius 1 is 1.45 bits per heavy atom. The van der Waals surface area contributed by atoms with Crippen LogP contribution in [0.15, 0.2) is 18.2 Å². The van der Waals surface area contributed by atoms with Crippen molar-refractivity contribution >= 4 is 34.9 Å². The molecular weight excluding hydrogens is 297 g/mol. The molecule has 1 aliphatic heterocycles. The predicted molar refractivity (Wildman–Crippen MR) is 83.7 cm³/mol. The summed E-state index contributed by atoms with van der Waals surface area (Å²) in [6.45, 7) is 4.78. The normalized spacial score (nSPS) is 22.4. The summed E-state index contributed by atoms with van der Waals surface area (Å²) in [7, 11) is 0. The second-order valence-electron chi connectivity index (χ2n) is 5.52. The number of piperidine rings is 1. The zero-order chi connectivity index (χ0) is 14.6. The van der Waals surface area contributed by atoms with E-state index in [1.165, 1.54) is 0 Å². The Morgan fingerprint density at radius 2 is 2.25 bits per heavy atom. The number of nitrogens with one attached hydrogen (secondary N) is 3. The summed E-state index contributed by atoms with van der Waals surface area (Å²) in [4.78, 5) is 11.9. The van der Waals surface area contributed by atoms with Gasteiger partial charge in [-0.2, -0.15) is 0 Å². The largest absolute Gasteiger partial charge is 0.337 e. The summed E-state index contributed by atoms with van der Waals surface area (Å²) in [5.41, 5.74) is 0.622. The molecule has 0 bridgehead atoms. The molecule has 0 saturated carbocycles. The fourth-order valence-electron chi connectivity index (χ4n) is 2.32. The van der Waals surface area contributed by atoms with Crippen LogP contribution in [0.5, 0.6) is 0 Å². The zero-order valence-electron chi connectivity index (χ0n) is 11.4. The van der Waals surface area contributed by atoms with Gasteiger partial charge in [0.05, 0.1) is 10.7 Å². The number of hydrogen-bond donors (Lipinski definition) is 3. The molecule has 4 nitrogen and oxygen atoms in total.